The van der Waals surface area contributed by atoms with Gasteiger partial charge in [-0.3, -0.25) is 4.79 Å². The number of nitrogens with one attached hydrogen (secondary N) is 1. The van der Waals surface area contributed by atoms with Crippen LogP contribution in [0.15, 0.2) is 22.7 Å². The number of halogens is 3. The molecular weight excluding hydrogens is 426 g/mol. The zero-order valence-electron chi connectivity index (χ0n) is 10.4. The van der Waals surface area contributed by atoms with E-state index in [4.69, 9.17) is 0 Å². The molecule has 0 fully saturated rings. The number of amides is 1. The predicted octanol–water partition coefficient (Wildman–Crippen LogP) is 4.43. The van der Waals surface area contributed by atoms with Gasteiger partial charge >= 0.3 is 0 Å². The van der Waals surface area contributed by atoms with E-state index >= 15 is 0 Å². The van der Waals surface area contributed by atoms with Crippen molar-refractivity contribution in [1.29, 1.82) is 0 Å². The Morgan fingerprint density at radius 2 is 1.94 bits per heavy atom. The van der Waals surface area contributed by atoms with Crippen molar-refractivity contribution in [2.45, 2.75) is 25.8 Å². The van der Waals surface area contributed by atoms with E-state index in [-0.39, 0.29) is 11.4 Å². The van der Waals surface area contributed by atoms with E-state index in [9.17, 15) is 4.79 Å². The Morgan fingerprint density at radius 1 is 1.33 bits per heavy atom. The van der Waals surface area contributed by atoms with E-state index in [0.717, 1.165) is 32.7 Å². The van der Waals surface area contributed by atoms with Crippen LogP contribution in [0.1, 0.15) is 29.3 Å². The van der Waals surface area contributed by atoms with Gasteiger partial charge in [-0.1, -0.05) is 54.7 Å². The normalized spacial score (nSPS) is 11.4. The predicted molar refractivity (Wildman–Crippen MR) is 87.0 cm³/mol. The van der Waals surface area contributed by atoms with E-state index in [1.54, 1.807) is 0 Å². The average Bonchev–Trinajstić information content (AvgIpc) is 2.36. The monoisotopic (exact) mass is 439 g/mol. The number of benzene rings is 1. The number of aryl methyl sites for hydroxylation is 1. The molecule has 0 heterocycles. The molecule has 1 rings (SSSR count). The Kier molecular flexibility index (Phi) is 6.35. The molecule has 1 N–H and O–H groups in total. The van der Waals surface area contributed by atoms with Crippen LogP contribution in [-0.4, -0.2) is 22.1 Å². The zero-order chi connectivity index (χ0) is 13.8. The first-order valence-corrected chi connectivity index (χ1v) is 8.72. The number of alkyl halides is 2. The molecule has 0 aromatic heterocycles. The third kappa shape index (κ3) is 3.81. The van der Waals surface area contributed by atoms with Crippen molar-refractivity contribution in [3.05, 3.63) is 33.8 Å². The molecule has 1 amide bonds. The van der Waals surface area contributed by atoms with Crippen LogP contribution in [0.2, 0.25) is 0 Å². The van der Waals surface area contributed by atoms with Crippen LogP contribution in [0.3, 0.4) is 0 Å². The first-order valence-electron chi connectivity index (χ1n) is 5.68. The molecule has 0 bridgehead atoms. The molecule has 0 saturated heterocycles. The van der Waals surface area contributed by atoms with E-state index in [0.29, 0.717) is 0 Å². The fourth-order valence-electron chi connectivity index (χ4n) is 1.57. The summed E-state index contributed by atoms with van der Waals surface area (Å²) in [5.74, 6) is -0.0271. The largest absolute Gasteiger partial charge is 0.345 e. The van der Waals surface area contributed by atoms with Crippen molar-refractivity contribution in [3.8, 4) is 0 Å². The molecule has 0 saturated carbocycles. The summed E-state index contributed by atoms with van der Waals surface area (Å²) in [6, 6.07) is 5.68. The van der Waals surface area contributed by atoms with Crippen LogP contribution in [0.25, 0.3) is 0 Å². The van der Waals surface area contributed by atoms with Gasteiger partial charge in [0.05, 0.1) is 5.54 Å². The Morgan fingerprint density at radius 3 is 2.39 bits per heavy atom. The van der Waals surface area contributed by atoms with E-state index in [1.807, 2.05) is 25.1 Å². The van der Waals surface area contributed by atoms with Crippen molar-refractivity contribution < 1.29 is 4.79 Å². The minimum absolute atomic E-state index is 0.0271. The SMILES string of the molecule is CCC(CBr)(CBr)NC(=O)c1ccc(Br)cc1C. The molecule has 0 aliphatic rings. The van der Waals surface area contributed by atoms with Gasteiger partial charge in [0.2, 0.25) is 0 Å². The van der Waals surface area contributed by atoms with Gasteiger partial charge in [-0.15, -0.1) is 0 Å². The highest BCUT2D eigenvalue weighted by atomic mass is 79.9. The van der Waals surface area contributed by atoms with Gasteiger partial charge in [-0.25, -0.2) is 0 Å². The molecule has 0 aliphatic heterocycles. The molecule has 0 aliphatic carbocycles. The van der Waals surface area contributed by atoms with Crippen LogP contribution in [-0.2, 0) is 0 Å². The van der Waals surface area contributed by atoms with E-state index in [1.165, 1.54) is 0 Å². The second-order valence-corrected chi connectivity index (χ2v) is 6.35. The number of rotatable bonds is 5. The molecule has 0 unspecified atom stereocenters. The maximum absolute atomic E-state index is 12.3. The summed E-state index contributed by atoms with van der Waals surface area (Å²) in [7, 11) is 0. The summed E-state index contributed by atoms with van der Waals surface area (Å²) < 4.78 is 0.985. The van der Waals surface area contributed by atoms with E-state index < -0.39 is 0 Å². The fraction of sp³-hybridized carbons (Fsp3) is 0.462. The quantitative estimate of drug-likeness (QED) is 0.673. The van der Waals surface area contributed by atoms with Crippen LogP contribution >= 0.6 is 47.8 Å². The highest BCUT2D eigenvalue weighted by Gasteiger charge is 2.28. The second kappa shape index (κ2) is 7.06. The van der Waals surface area contributed by atoms with Crippen LogP contribution in [0.5, 0.6) is 0 Å². The zero-order valence-corrected chi connectivity index (χ0v) is 15.2. The van der Waals surface area contributed by atoms with Gasteiger partial charge in [0.1, 0.15) is 0 Å². The molecule has 1 aromatic carbocycles. The van der Waals surface area contributed by atoms with Gasteiger partial charge in [0.15, 0.2) is 0 Å². The highest BCUT2D eigenvalue weighted by molar-refractivity contribution is 9.10. The molecular formula is C13H16Br3NO. The van der Waals surface area contributed by atoms with Crippen LogP contribution in [0.4, 0.5) is 0 Å². The van der Waals surface area contributed by atoms with Crippen LogP contribution < -0.4 is 5.32 Å². The summed E-state index contributed by atoms with van der Waals surface area (Å²) >= 11 is 10.3. The molecule has 5 heteroatoms. The van der Waals surface area contributed by atoms with Crippen LogP contribution in [0, 0.1) is 6.92 Å². The smallest absolute Gasteiger partial charge is 0.252 e. The third-order valence-electron chi connectivity index (χ3n) is 3.00. The first-order chi connectivity index (χ1) is 8.48. The maximum Gasteiger partial charge on any atom is 0.252 e. The Balaban J connectivity index is 2.94. The molecule has 18 heavy (non-hydrogen) atoms. The highest BCUT2D eigenvalue weighted by Crippen LogP contribution is 2.20. The van der Waals surface area contributed by atoms with E-state index in [2.05, 4.69) is 60.0 Å². The number of hydrogen-bond acceptors (Lipinski definition) is 1. The van der Waals surface area contributed by atoms with Gasteiger partial charge in [-0.05, 0) is 37.1 Å². The summed E-state index contributed by atoms with van der Waals surface area (Å²) in [6.45, 7) is 4.01. The van der Waals surface area contributed by atoms with Crippen molar-refractivity contribution in [2.75, 3.05) is 10.7 Å². The molecule has 0 radical (unpaired) electrons. The number of hydrogen-bond donors (Lipinski definition) is 1. The fourth-order valence-corrected chi connectivity index (χ4v) is 4.05. The lowest BCUT2D eigenvalue weighted by Gasteiger charge is -2.30. The lowest BCUT2D eigenvalue weighted by molar-refractivity contribution is 0.0915. The second-order valence-electron chi connectivity index (χ2n) is 4.31. The number of carbonyl (C=O) groups excluding carboxylic acids is 1. The minimum atomic E-state index is -0.239. The Bertz CT molecular complexity index is 422. The van der Waals surface area contributed by atoms with Crippen molar-refractivity contribution >= 4 is 53.7 Å². The molecule has 0 atom stereocenters. The molecule has 1 aromatic rings. The summed E-state index contributed by atoms with van der Waals surface area (Å²) in [6.07, 6.45) is 0.866. The molecule has 0 spiro atoms. The Hall–Kier alpha value is 0.130. The lowest BCUT2D eigenvalue weighted by atomic mass is 10.00. The molecule has 100 valence electrons. The van der Waals surface area contributed by atoms with Gasteiger partial charge in [0.25, 0.3) is 5.91 Å². The summed E-state index contributed by atoms with van der Waals surface area (Å²) in [4.78, 5) is 12.3. The minimum Gasteiger partial charge on any atom is -0.345 e. The third-order valence-corrected chi connectivity index (χ3v) is 5.64. The Labute approximate surface area is 133 Å². The summed E-state index contributed by atoms with van der Waals surface area (Å²) in [5.41, 5.74) is 1.45. The summed E-state index contributed by atoms with van der Waals surface area (Å²) in [5, 5.41) is 4.56. The van der Waals surface area contributed by atoms with Crippen molar-refractivity contribution in [2.24, 2.45) is 0 Å². The van der Waals surface area contributed by atoms with Gasteiger partial charge in [-0.2, -0.15) is 0 Å². The van der Waals surface area contributed by atoms with Crippen molar-refractivity contribution in [1.82, 2.24) is 5.32 Å². The van der Waals surface area contributed by atoms with Crippen molar-refractivity contribution in [3.63, 3.8) is 0 Å². The standard InChI is InChI=1S/C13H16Br3NO/c1-3-13(7-14,8-15)17-12(18)11-5-4-10(16)6-9(11)2/h4-6H,3,7-8H2,1-2H3,(H,17,18). The average molecular weight is 442 g/mol. The number of carbonyl (C=O) groups is 1. The van der Waals surface area contributed by atoms with Gasteiger partial charge in [0, 0.05) is 20.7 Å². The van der Waals surface area contributed by atoms with Gasteiger partial charge < -0.3 is 5.32 Å². The topological polar surface area (TPSA) is 29.1 Å². The first kappa shape index (κ1) is 16.2. The lowest BCUT2D eigenvalue weighted by Crippen LogP contribution is -2.51. The molecule has 2 nitrogen and oxygen atoms in total. The maximum atomic E-state index is 12.3.